The van der Waals surface area contributed by atoms with Crippen LogP contribution in [0.1, 0.15) is 11.1 Å². The Morgan fingerprint density at radius 2 is 2.10 bits per heavy atom. The Balaban J connectivity index is 1.94. The Hall–Kier alpha value is -2.51. The fourth-order valence-electron chi connectivity index (χ4n) is 1.70. The van der Waals surface area contributed by atoms with Crippen LogP contribution < -0.4 is 9.47 Å². The van der Waals surface area contributed by atoms with E-state index in [-0.39, 0.29) is 6.61 Å². The molecule has 0 aliphatic heterocycles. The molecule has 0 aromatic heterocycles. The summed E-state index contributed by atoms with van der Waals surface area (Å²) in [5.41, 5.74) is 1.26. The van der Waals surface area contributed by atoms with Crippen LogP contribution >= 0.6 is 11.6 Å². The highest BCUT2D eigenvalue weighted by Crippen LogP contribution is 2.21. The molecule has 4 nitrogen and oxygen atoms in total. The van der Waals surface area contributed by atoms with Crippen molar-refractivity contribution in [3.05, 3.63) is 58.6 Å². The predicted octanol–water partition coefficient (Wildman–Crippen LogP) is 3.50. The maximum Gasteiger partial charge on any atom is 0.349 e. The zero-order valence-corrected chi connectivity index (χ0v) is 12.1. The molecule has 0 unspecified atom stereocenters. The quantitative estimate of drug-likeness (QED) is 0.640. The van der Waals surface area contributed by atoms with Gasteiger partial charge < -0.3 is 9.47 Å². The second-order valence-corrected chi connectivity index (χ2v) is 4.75. The summed E-state index contributed by atoms with van der Waals surface area (Å²) >= 11 is 5.84. The zero-order chi connectivity index (χ0) is 15.2. The number of hydrogen-bond acceptors (Lipinski definition) is 4. The number of carbonyl (C=O) groups is 1. The molecule has 2 rings (SSSR count). The van der Waals surface area contributed by atoms with Crippen molar-refractivity contribution < 1.29 is 14.3 Å². The van der Waals surface area contributed by atoms with Crippen molar-refractivity contribution in [2.24, 2.45) is 0 Å². The minimum atomic E-state index is -0.542. The average molecular weight is 302 g/mol. The van der Waals surface area contributed by atoms with Crippen molar-refractivity contribution >= 4 is 17.6 Å². The van der Waals surface area contributed by atoms with Crippen molar-refractivity contribution in [1.29, 1.82) is 5.26 Å². The molecule has 2 aromatic rings. The lowest BCUT2D eigenvalue weighted by molar-refractivity contribution is -0.136. The molecular formula is C16H12ClNO3. The van der Waals surface area contributed by atoms with E-state index < -0.39 is 5.97 Å². The number of carbonyl (C=O) groups excluding carboxylic acids is 1. The lowest BCUT2D eigenvalue weighted by atomic mass is 10.2. The summed E-state index contributed by atoms with van der Waals surface area (Å²) in [7, 11) is 0. The summed E-state index contributed by atoms with van der Waals surface area (Å²) in [6.07, 6.45) is 0. The number of ether oxygens (including phenoxy) is 2. The Kier molecular flexibility index (Phi) is 4.81. The number of rotatable bonds is 4. The largest absolute Gasteiger partial charge is 0.482 e. The second kappa shape index (κ2) is 6.78. The Morgan fingerprint density at radius 1 is 1.29 bits per heavy atom. The Morgan fingerprint density at radius 3 is 2.81 bits per heavy atom. The highest BCUT2D eigenvalue weighted by atomic mass is 35.5. The van der Waals surface area contributed by atoms with Crippen molar-refractivity contribution in [1.82, 2.24) is 0 Å². The topological polar surface area (TPSA) is 59.3 Å². The van der Waals surface area contributed by atoms with E-state index in [9.17, 15) is 4.79 Å². The SMILES string of the molecule is Cc1cc(Cl)ccc1OCC(=O)Oc1cccc(C#N)c1. The van der Waals surface area contributed by atoms with Gasteiger partial charge in [-0.3, -0.25) is 0 Å². The van der Waals surface area contributed by atoms with Crippen molar-refractivity contribution in [2.45, 2.75) is 6.92 Å². The van der Waals surface area contributed by atoms with E-state index in [0.29, 0.717) is 22.1 Å². The lowest BCUT2D eigenvalue weighted by Gasteiger charge is -2.09. The van der Waals surface area contributed by atoms with Crippen LogP contribution in [-0.4, -0.2) is 12.6 Å². The molecule has 21 heavy (non-hydrogen) atoms. The number of aryl methyl sites for hydroxylation is 1. The minimum absolute atomic E-state index is 0.223. The van der Waals surface area contributed by atoms with E-state index in [1.165, 1.54) is 6.07 Å². The van der Waals surface area contributed by atoms with E-state index in [0.717, 1.165) is 5.56 Å². The number of halogens is 1. The normalized spacial score (nSPS) is 9.76. The van der Waals surface area contributed by atoms with Gasteiger partial charge in [-0.25, -0.2) is 4.79 Å². The van der Waals surface area contributed by atoms with Gasteiger partial charge in [0.25, 0.3) is 0 Å². The molecule has 0 aliphatic rings. The summed E-state index contributed by atoms with van der Waals surface area (Å²) in [5, 5.41) is 9.38. The van der Waals surface area contributed by atoms with Gasteiger partial charge in [0, 0.05) is 5.02 Å². The van der Waals surface area contributed by atoms with Gasteiger partial charge in [-0.15, -0.1) is 0 Å². The Bertz CT molecular complexity index is 707. The first kappa shape index (κ1) is 14.9. The van der Waals surface area contributed by atoms with Gasteiger partial charge in [-0.05, 0) is 48.9 Å². The standard InChI is InChI=1S/C16H12ClNO3/c1-11-7-13(17)5-6-15(11)20-10-16(19)21-14-4-2-3-12(8-14)9-18/h2-8H,10H2,1H3. The smallest absolute Gasteiger partial charge is 0.349 e. The lowest BCUT2D eigenvalue weighted by Crippen LogP contribution is -2.18. The molecule has 0 fully saturated rings. The van der Waals surface area contributed by atoms with E-state index in [4.69, 9.17) is 26.3 Å². The molecular weight excluding hydrogens is 290 g/mol. The molecule has 0 bridgehead atoms. The first-order valence-electron chi connectivity index (χ1n) is 6.18. The molecule has 0 radical (unpaired) electrons. The fraction of sp³-hybridized carbons (Fsp3) is 0.125. The highest BCUT2D eigenvalue weighted by Gasteiger charge is 2.08. The molecule has 2 aromatic carbocycles. The summed E-state index contributed by atoms with van der Waals surface area (Å²) in [5.74, 6) is 0.344. The number of nitriles is 1. The van der Waals surface area contributed by atoms with Crippen LogP contribution in [0.5, 0.6) is 11.5 Å². The van der Waals surface area contributed by atoms with Gasteiger partial charge in [0.2, 0.25) is 0 Å². The van der Waals surface area contributed by atoms with Crippen LogP contribution in [0.15, 0.2) is 42.5 Å². The van der Waals surface area contributed by atoms with E-state index in [2.05, 4.69) is 0 Å². The molecule has 0 atom stereocenters. The maximum atomic E-state index is 11.7. The van der Waals surface area contributed by atoms with Crippen LogP contribution in [0.4, 0.5) is 0 Å². The molecule has 0 amide bonds. The van der Waals surface area contributed by atoms with Crippen LogP contribution in [-0.2, 0) is 4.79 Å². The van der Waals surface area contributed by atoms with Gasteiger partial charge >= 0.3 is 5.97 Å². The third-order valence-corrected chi connectivity index (χ3v) is 2.91. The maximum absolute atomic E-state index is 11.7. The van der Waals surface area contributed by atoms with E-state index >= 15 is 0 Å². The van der Waals surface area contributed by atoms with Gasteiger partial charge in [0.15, 0.2) is 6.61 Å². The van der Waals surface area contributed by atoms with Crippen molar-refractivity contribution in [3.63, 3.8) is 0 Å². The summed E-state index contributed by atoms with van der Waals surface area (Å²) < 4.78 is 10.5. The van der Waals surface area contributed by atoms with E-state index in [1.54, 1.807) is 36.4 Å². The van der Waals surface area contributed by atoms with Crippen molar-refractivity contribution in [3.8, 4) is 17.6 Å². The Labute approximate surface area is 127 Å². The van der Waals surface area contributed by atoms with E-state index in [1.807, 2.05) is 13.0 Å². The van der Waals surface area contributed by atoms with Crippen LogP contribution in [0, 0.1) is 18.3 Å². The second-order valence-electron chi connectivity index (χ2n) is 4.31. The zero-order valence-electron chi connectivity index (χ0n) is 11.3. The van der Waals surface area contributed by atoms with Crippen LogP contribution in [0.2, 0.25) is 5.02 Å². The van der Waals surface area contributed by atoms with Gasteiger partial charge in [0.05, 0.1) is 11.6 Å². The predicted molar refractivity (Wildman–Crippen MR) is 78.5 cm³/mol. The molecule has 0 saturated heterocycles. The molecule has 106 valence electrons. The monoisotopic (exact) mass is 301 g/mol. The third-order valence-electron chi connectivity index (χ3n) is 2.68. The third kappa shape index (κ3) is 4.23. The molecule has 5 heteroatoms. The summed E-state index contributed by atoms with van der Waals surface area (Å²) in [6, 6.07) is 13.5. The fourth-order valence-corrected chi connectivity index (χ4v) is 1.93. The van der Waals surface area contributed by atoms with Gasteiger partial charge in [-0.2, -0.15) is 5.26 Å². The summed E-state index contributed by atoms with van der Waals surface area (Å²) in [4.78, 5) is 11.7. The van der Waals surface area contributed by atoms with Crippen molar-refractivity contribution in [2.75, 3.05) is 6.61 Å². The average Bonchev–Trinajstić information content (AvgIpc) is 2.46. The molecule has 0 heterocycles. The highest BCUT2D eigenvalue weighted by molar-refractivity contribution is 6.30. The van der Waals surface area contributed by atoms with Crippen LogP contribution in [0.25, 0.3) is 0 Å². The number of esters is 1. The van der Waals surface area contributed by atoms with Gasteiger partial charge in [0.1, 0.15) is 11.5 Å². The number of hydrogen-bond donors (Lipinski definition) is 0. The first-order valence-corrected chi connectivity index (χ1v) is 6.56. The van der Waals surface area contributed by atoms with Gasteiger partial charge in [-0.1, -0.05) is 17.7 Å². The number of benzene rings is 2. The molecule has 0 N–H and O–H groups in total. The number of nitrogens with zero attached hydrogens (tertiary/aromatic N) is 1. The summed E-state index contributed by atoms with van der Waals surface area (Å²) in [6.45, 7) is 1.61. The molecule has 0 spiro atoms. The minimum Gasteiger partial charge on any atom is -0.482 e. The molecule has 0 saturated carbocycles. The first-order chi connectivity index (χ1) is 10.1. The molecule has 0 aliphatic carbocycles. The van der Waals surface area contributed by atoms with Crippen LogP contribution in [0.3, 0.4) is 0 Å².